The van der Waals surface area contributed by atoms with E-state index in [0.717, 1.165) is 0 Å². The van der Waals surface area contributed by atoms with Crippen molar-refractivity contribution < 1.29 is 27.5 Å². The number of hydrogen-bond acceptors (Lipinski definition) is 4. The molecule has 1 aromatic rings. The van der Waals surface area contributed by atoms with Crippen LogP contribution < -0.4 is 4.74 Å². The van der Waals surface area contributed by atoms with Gasteiger partial charge in [0.2, 0.25) is 0 Å². The smallest absolute Gasteiger partial charge is 0.437 e. The zero-order chi connectivity index (χ0) is 18.7. The van der Waals surface area contributed by atoms with Gasteiger partial charge in [-0.05, 0) is 36.7 Å². The molecule has 0 aromatic heterocycles. The predicted octanol–water partition coefficient (Wildman–Crippen LogP) is 4.52. The maximum atomic E-state index is 13.0. The van der Waals surface area contributed by atoms with E-state index in [1.165, 1.54) is 25.3 Å². The Morgan fingerprint density at radius 3 is 2.17 bits per heavy atom. The lowest BCUT2D eigenvalue weighted by Crippen LogP contribution is -2.28. The van der Waals surface area contributed by atoms with Gasteiger partial charge in [0.25, 0.3) is 0 Å². The molecule has 0 fully saturated rings. The fraction of sp³-hybridized carbons (Fsp3) is 0.562. The molecule has 0 amide bonds. The van der Waals surface area contributed by atoms with Crippen LogP contribution in [0.15, 0.2) is 23.4 Å². The molecular weight excluding hydrogens is 339 g/mol. The molecule has 24 heavy (non-hydrogen) atoms. The van der Waals surface area contributed by atoms with Crippen molar-refractivity contribution in [3.8, 4) is 5.75 Å². The van der Waals surface area contributed by atoms with Crippen LogP contribution in [-0.4, -0.2) is 33.2 Å². The second-order valence-electron chi connectivity index (χ2n) is 6.83. The summed E-state index contributed by atoms with van der Waals surface area (Å²) in [4.78, 5) is 0. The molecule has 1 atom stereocenters. The summed E-state index contributed by atoms with van der Waals surface area (Å²) >= 11 is 0. The lowest BCUT2D eigenvalue weighted by molar-refractivity contribution is -0.0601. The number of rotatable bonds is 5. The fourth-order valence-electron chi connectivity index (χ4n) is 2.38. The highest BCUT2D eigenvalue weighted by Gasteiger charge is 2.39. The molecule has 0 aliphatic heterocycles. The van der Waals surface area contributed by atoms with E-state index in [9.17, 15) is 13.2 Å². The second-order valence-corrected chi connectivity index (χ2v) is 9.20. The minimum Gasteiger partial charge on any atom is -0.496 e. The molecule has 8 heteroatoms. The Bertz CT molecular complexity index is 595. The predicted molar refractivity (Wildman–Crippen MR) is 89.5 cm³/mol. The number of ether oxygens (including phenoxy) is 1. The highest BCUT2D eigenvalue weighted by atomic mass is 28.3. The van der Waals surface area contributed by atoms with Gasteiger partial charge in [-0.2, -0.15) is 13.2 Å². The molecule has 1 aromatic carbocycles. The Balaban J connectivity index is 3.52. The molecular formula is C16H24F3NO3Si. The number of benzene rings is 1. The van der Waals surface area contributed by atoms with Crippen molar-refractivity contribution in [3.05, 3.63) is 29.3 Å². The summed E-state index contributed by atoms with van der Waals surface area (Å²) in [5, 5.41) is 11.2. The second kappa shape index (κ2) is 7.56. The number of oxime groups is 1. The highest BCUT2D eigenvalue weighted by Crippen LogP contribution is 2.41. The van der Waals surface area contributed by atoms with E-state index in [1.54, 1.807) is 0 Å². The first kappa shape index (κ1) is 20.5. The average Bonchev–Trinajstić information content (AvgIpc) is 2.42. The van der Waals surface area contributed by atoms with Crippen LogP contribution in [-0.2, 0) is 4.43 Å². The van der Waals surface area contributed by atoms with Crippen LogP contribution in [0.1, 0.15) is 38.0 Å². The Labute approximate surface area is 142 Å². The summed E-state index contributed by atoms with van der Waals surface area (Å²) < 4.78 is 50.4. The monoisotopic (exact) mass is 363 g/mol. The van der Waals surface area contributed by atoms with Gasteiger partial charge in [-0.1, -0.05) is 25.9 Å². The summed E-state index contributed by atoms with van der Waals surface area (Å²) in [6.07, 6.45) is -5.20. The van der Waals surface area contributed by atoms with E-state index in [4.69, 9.17) is 14.4 Å². The largest absolute Gasteiger partial charge is 0.496 e. The number of hydrogen-bond donors (Lipinski definition) is 1. The van der Waals surface area contributed by atoms with Gasteiger partial charge in [-0.3, -0.25) is 0 Å². The minimum atomic E-state index is -4.76. The lowest BCUT2D eigenvalue weighted by atomic mass is 9.83. The first-order valence-electron chi connectivity index (χ1n) is 7.54. The zero-order valence-corrected chi connectivity index (χ0v) is 15.9. The molecule has 0 radical (unpaired) electrons. The minimum absolute atomic E-state index is 0.232. The summed E-state index contributed by atoms with van der Waals surface area (Å²) in [5.41, 5.74) is -1.42. The first-order valence-corrected chi connectivity index (χ1v) is 10.3. The third-order valence-corrected chi connectivity index (χ3v) is 4.17. The van der Waals surface area contributed by atoms with Gasteiger partial charge < -0.3 is 14.4 Å². The Morgan fingerprint density at radius 1 is 1.21 bits per heavy atom. The maximum Gasteiger partial charge on any atom is 0.437 e. The molecule has 1 N–H and O–H groups in total. The molecule has 0 spiro atoms. The molecule has 0 aliphatic rings. The Morgan fingerprint density at radius 2 is 1.79 bits per heavy atom. The van der Waals surface area contributed by atoms with Crippen molar-refractivity contribution in [2.24, 2.45) is 10.6 Å². The normalized spacial score (nSPS) is 14.8. The van der Waals surface area contributed by atoms with Crippen LogP contribution in [0.2, 0.25) is 13.1 Å². The van der Waals surface area contributed by atoms with Gasteiger partial charge in [0, 0.05) is 11.1 Å². The van der Waals surface area contributed by atoms with E-state index in [0.29, 0.717) is 11.3 Å². The first-order chi connectivity index (χ1) is 10.9. The topological polar surface area (TPSA) is 51.0 Å². The van der Waals surface area contributed by atoms with E-state index >= 15 is 0 Å². The molecule has 4 nitrogen and oxygen atoms in total. The fourth-order valence-corrected chi connectivity index (χ4v) is 3.48. The van der Waals surface area contributed by atoms with E-state index in [2.05, 4.69) is 5.16 Å². The molecule has 0 bridgehead atoms. The van der Waals surface area contributed by atoms with E-state index < -0.39 is 27.0 Å². The van der Waals surface area contributed by atoms with Crippen molar-refractivity contribution >= 4 is 14.8 Å². The SMILES string of the molecule is COc1ccc(/C(=N/O)C(F)(F)F)cc1C(O[SiH](C)C)C(C)(C)C. The van der Waals surface area contributed by atoms with Crippen LogP contribution in [0.3, 0.4) is 0 Å². The van der Waals surface area contributed by atoms with Crippen LogP contribution in [0.25, 0.3) is 0 Å². The van der Waals surface area contributed by atoms with Crippen molar-refractivity contribution in [3.63, 3.8) is 0 Å². The van der Waals surface area contributed by atoms with Gasteiger partial charge in [0.05, 0.1) is 13.2 Å². The quantitative estimate of drug-likeness (QED) is 0.362. The molecule has 0 saturated heterocycles. The van der Waals surface area contributed by atoms with Gasteiger partial charge in [0.1, 0.15) is 5.75 Å². The molecule has 0 heterocycles. The van der Waals surface area contributed by atoms with E-state index in [-0.39, 0.29) is 11.0 Å². The third-order valence-electron chi connectivity index (χ3n) is 3.35. The average molecular weight is 363 g/mol. The van der Waals surface area contributed by atoms with Crippen LogP contribution in [0.4, 0.5) is 13.2 Å². The van der Waals surface area contributed by atoms with Gasteiger partial charge in [0.15, 0.2) is 14.8 Å². The van der Waals surface area contributed by atoms with Gasteiger partial charge >= 0.3 is 6.18 Å². The van der Waals surface area contributed by atoms with Crippen molar-refractivity contribution in [1.82, 2.24) is 0 Å². The lowest BCUT2D eigenvalue weighted by Gasteiger charge is -2.34. The van der Waals surface area contributed by atoms with Crippen molar-refractivity contribution in [2.45, 2.75) is 46.1 Å². The standard InChI is InChI=1S/C16H24F3NO3Si/c1-15(2,3)14(23-24(5)6)11-9-10(7-8-12(11)22-4)13(20-21)16(17,18)19/h7-9,14,21,24H,1-6H3/b20-13-. The Hall–Kier alpha value is -1.54. The van der Waals surface area contributed by atoms with Crippen LogP contribution >= 0.6 is 0 Å². The molecule has 0 aliphatic carbocycles. The molecule has 1 unspecified atom stereocenters. The Kier molecular flexibility index (Phi) is 6.46. The summed E-state index contributed by atoms with van der Waals surface area (Å²) in [5.74, 6) is 0.438. The maximum absolute atomic E-state index is 13.0. The van der Waals surface area contributed by atoms with Gasteiger partial charge in [-0.15, -0.1) is 0 Å². The molecule has 1 rings (SSSR count). The van der Waals surface area contributed by atoms with Crippen molar-refractivity contribution in [1.29, 1.82) is 0 Å². The summed E-state index contributed by atoms with van der Waals surface area (Å²) in [6.45, 7) is 9.83. The third kappa shape index (κ3) is 4.97. The summed E-state index contributed by atoms with van der Waals surface area (Å²) in [7, 11) is -0.0139. The van der Waals surface area contributed by atoms with Crippen LogP contribution in [0.5, 0.6) is 5.75 Å². The number of alkyl halides is 3. The zero-order valence-electron chi connectivity index (χ0n) is 14.7. The van der Waals surface area contributed by atoms with Crippen LogP contribution in [0, 0.1) is 5.41 Å². The highest BCUT2D eigenvalue weighted by molar-refractivity contribution is 6.48. The van der Waals surface area contributed by atoms with Gasteiger partial charge in [-0.25, -0.2) is 0 Å². The van der Waals surface area contributed by atoms with Crippen molar-refractivity contribution in [2.75, 3.05) is 7.11 Å². The number of halogens is 3. The summed E-state index contributed by atoms with van der Waals surface area (Å²) in [6, 6.07) is 3.98. The van der Waals surface area contributed by atoms with E-state index in [1.807, 2.05) is 33.9 Å². The molecule has 0 saturated carbocycles. The molecule has 136 valence electrons. The number of methoxy groups -OCH3 is 1. The number of nitrogens with zero attached hydrogens (tertiary/aromatic N) is 1.